The van der Waals surface area contributed by atoms with Crippen LogP contribution in [0.5, 0.6) is 0 Å². The summed E-state index contributed by atoms with van der Waals surface area (Å²) < 4.78 is 5.16. The first kappa shape index (κ1) is 14.5. The molecule has 102 valence electrons. The zero-order chi connectivity index (χ0) is 14.3. The number of carbonyl (C=O) groups excluding carboxylic acids is 3. The van der Waals surface area contributed by atoms with Crippen molar-refractivity contribution in [2.24, 2.45) is 0 Å². The fourth-order valence-electron chi connectivity index (χ4n) is 1.62. The van der Waals surface area contributed by atoms with Gasteiger partial charge in [0.1, 0.15) is 17.2 Å². The summed E-state index contributed by atoms with van der Waals surface area (Å²) >= 11 is 0. The smallest absolute Gasteiger partial charge is 0.329 e. The third-order valence-electron chi connectivity index (χ3n) is 2.53. The van der Waals surface area contributed by atoms with Crippen LogP contribution in [0.4, 0.5) is 4.79 Å². The van der Waals surface area contributed by atoms with Gasteiger partial charge in [-0.15, -0.1) is 0 Å². The third-order valence-corrected chi connectivity index (χ3v) is 2.53. The maximum Gasteiger partial charge on any atom is 0.329 e. The topological polar surface area (TPSA) is 75.7 Å². The lowest BCUT2D eigenvalue weighted by atomic mass is 10.1. The Bertz CT molecular complexity index is 395. The summed E-state index contributed by atoms with van der Waals surface area (Å²) in [5.74, 6) is -1.02. The van der Waals surface area contributed by atoms with Crippen LogP contribution in [0.3, 0.4) is 0 Å². The van der Waals surface area contributed by atoms with E-state index in [1.165, 1.54) is 6.92 Å². The SMILES string of the molecule is CC(C(=O)OC(C)(C)C)N1C(=O)NC(C)(C)C1=O. The Morgan fingerprint density at radius 1 is 1.33 bits per heavy atom. The highest BCUT2D eigenvalue weighted by molar-refractivity contribution is 6.08. The van der Waals surface area contributed by atoms with Crippen LogP contribution in [0.15, 0.2) is 0 Å². The highest BCUT2D eigenvalue weighted by Gasteiger charge is 2.48. The summed E-state index contributed by atoms with van der Waals surface area (Å²) in [6.45, 7) is 9.85. The molecule has 1 aliphatic heterocycles. The van der Waals surface area contributed by atoms with Gasteiger partial charge in [-0.05, 0) is 41.5 Å². The van der Waals surface area contributed by atoms with Gasteiger partial charge in [-0.3, -0.25) is 4.79 Å². The Labute approximate surface area is 107 Å². The van der Waals surface area contributed by atoms with Crippen molar-refractivity contribution in [2.75, 3.05) is 0 Å². The summed E-state index contributed by atoms with van der Waals surface area (Å²) in [5.41, 5.74) is -1.63. The molecule has 1 N–H and O–H groups in total. The monoisotopic (exact) mass is 256 g/mol. The van der Waals surface area contributed by atoms with Crippen molar-refractivity contribution in [1.29, 1.82) is 0 Å². The molecule has 0 radical (unpaired) electrons. The molecule has 3 amide bonds. The van der Waals surface area contributed by atoms with Crippen molar-refractivity contribution in [3.63, 3.8) is 0 Å². The molecule has 1 atom stereocenters. The second-order valence-electron chi connectivity index (χ2n) is 5.94. The molecule has 0 bridgehead atoms. The maximum atomic E-state index is 12.0. The van der Waals surface area contributed by atoms with Crippen LogP contribution in [0, 0.1) is 0 Å². The summed E-state index contributed by atoms with van der Waals surface area (Å²) in [6.07, 6.45) is 0. The number of nitrogens with zero attached hydrogens (tertiary/aromatic N) is 1. The molecule has 1 unspecified atom stereocenters. The van der Waals surface area contributed by atoms with Gasteiger partial charge in [-0.1, -0.05) is 0 Å². The predicted octanol–water partition coefficient (Wildman–Crippen LogP) is 1.05. The van der Waals surface area contributed by atoms with E-state index in [9.17, 15) is 14.4 Å². The lowest BCUT2D eigenvalue weighted by Crippen LogP contribution is -2.47. The lowest BCUT2D eigenvalue weighted by molar-refractivity contribution is -0.162. The van der Waals surface area contributed by atoms with Crippen molar-refractivity contribution < 1.29 is 19.1 Å². The summed E-state index contributed by atoms with van der Waals surface area (Å²) in [7, 11) is 0. The van der Waals surface area contributed by atoms with Gasteiger partial charge >= 0.3 is 12.0 Å². The Morgan fingerprint density at radius 3 is 2.17 bits per heavy atom. The Morgan fingerprint density at radius 2 is 1.83 bits per heavy atom. The number of amides is 3. The van der Waals surface area contributed by atoms with Crippen LogP contribution in [0.25, 0.3) is 0 Å². The second kappa shape index (κ2) is 4.26. The number of hydrogen-bond donors (Lipinski definition) is 1. The van der Waals surface area contributed by atoms with E-state index in [-0.39, 0.29) is 0 Å². The largest absolute Gasteiger partial charge is 0.458 e. The molecule has 0 spiro atoms. The van der Waals surface area contributed by atoms with E-state index in [1.54, 1.807) is 34.6 Å². The van der Waals surface area contributed by atoms with Gasteiger partial charge in [0, 0.05) is 0 Å². The van der Waals surface area contributed by atoms with Gasteiger partial charge in [-0.2, -0.15) is 0 Å². The molecule has 1 rings (SSSR count). The molecule has 0 saturated carbocycles. The minimum Gasteiger partial charge on any atom is -0.458 e. The van der Waals surface area contributed by atoms with E-state index in [4.69, 9.17) is 4.74 Å². The first-order valence-electron chi connectivity index (χ1n) is 5.84. The summed E-state index contributed by atoms with van der Waals surface area (Å²) in [5, 5.41) is 2.52. The van der Waals surface area contributed by atoms with Crippen molar-refractivity contribution in [3.05, 3.63) is 0 Å². The third kappa shape index (κ3) is 2.80. The molecule has 18 heavy (non-hydrogen) atoms. The van der Waals surface area contributed by atoms with Crippen LogP contribution in [-0.2, 0) is 14.3 Å². The van der Waals surface area contributed by atoms with Crippen molar-refractivity contribution in [2.45, 2.75) is 58.7 Å². The molecule has 6 heteroatoms. The molecule has 1 heterocycles. The Hall–Kier alpha value is -1.59. The van der Waals surface area contributed by atoms with Crippen molar-refractivity contribution in [1.82, 2.24) is 10.2 Å². The quantitative estimate of drug-likeness (QED) is 0.592. The van der Waals surface area contributed by atoms with Gasteiger partial charge in [0.25, 0.3) is 5.91 Å². The summed E-state index contributed by atoms with van der Waals surface area (Å²) in [4.78, 5) is 36.4. The molecule has 0 aromatic heterocycles. The summed E-state index contributed by atoms with van der Waals surface area (Å²) in [6, 6.07) is -1.50. The fourth-order valence-corrected chi connectivity index (χ4v) is 1.62. The van der Waals surface area contributed by atoms with Crippen molar-refractivity contribution >= 4 is 17.9 Å². The van der Waals surface area contributed by atoms with Crippen LogP contribution in [0.2, 0.25) is 0 Å². The molecule has 6 nitrogen and oxygen atoms in total. The average Bonchev–Trinajstić information content (AvgIpc) is 2.32. The molecule has 1 aliphatic rings. The molecule has 1 saturated heterocycles. The number of nitrogens with one attached hydrogen (secondary N) is 1. The Balaban J connectivity index is 2.85. The van der Waals surface area contributed by atoms with E-state index >= 15 is 0 Å². The van der Waals surface area contributed by atoms with Gasteiger partial charge < -0.3 is 10.1 Å². The number of rotatable bonds is 2. The average molecular weight is 256 g/mol. The molecule has 0 aromatic carbocycles. The van der Waals surface area contributed by atoms with Gasteiger partial charge in [0.05, 0.1) is 0 Å². The number of carbonyl (C=O) groups is 3. The number of urea groups is 1. The van der Waals surface area contributed by atoms with E-state index < -0.39 is 35.1 Å². The van der Waals surface area contributed by atoms with Crippen LogP contribution >= 0.6 is 0 Å². The zero-order valence-electron chi connectivity index (χ0n) is 11.7. The molecule has 0 aromatic rings. The molecule has 0 aliphatic carbocycles. The van der Waals surface area contributed by atoms with E-state index in [1.807, 2.05) is 0 Å². The first-order chi connectivity index (χ1) is 7.96. The van der Waals surface area contributed by atoms with Crippen LogP contribution in [-0.4, -0.2) is 40.0 Å². The van der Waals surface area contributed by atoms with Crippen LogP contribution in [0.1, 0.15) is 41.5 Å². The number of ether oxygens (including phenoxy) is 1. The molecule has 1 fully saturated rings. The Kier molecular flexibility index (Phi) is 3.42. The predicted molar refractivity (Wildman–Crippen MR) is 64.8 cm³/mol. The molecular weight excluding hydrogens is 236 g/mol. The van der Waals surface area contributed by atoms with E-state index in [0.29, 0.717) is 0 Å². The first-order valence-corrected chi connectivity index (χ1v) is 5.84. The molecular formula is C12H20N2O4. The van der Waals surface area contributed by atoms with Crippen LogP contribution < -0.4 is 5.32 Å². The highest BCUT2D eigenvalue weighted by atomic mass is 16.6. The van der Waals surface area contributed by atoms with E-state index in [2.05, 4.69) is 5.32 Å². The van der Waals surface area contributed by atoms with Gasteiger partial charge in [0.2, 0.25) is 0 Å². The standard InChI is InChI=1S/C12H20N2O4/c1-7(8(15)18-11(2,3)4)14-9(16)12(5,6)13-10(14)17/h7H,1-6H3,(H,13,17). The number of esters is 1. The number of imide groups is 1. The minimum atomic E-state index is -0.979. The minimum absolute atomic E-state index is 0.425. The number of hydrogen-bond acceptors (Lipinski definition) is 4. The van der Waals surface area contributed by atoms with Gasteiger partial charge in [-0.25, -0.2) is 14.5 Å². The van der Waals surface area contributed by atoms with Crippen molar-refractivity contribution in [3.8, 4) is 0 Å². The van der Waals surface area contributed by atoms with E-state index in [0.717, 1.165) is 4.90 Å². The highest BCUT2D eigenvalue weighted by Crippen LogP contribution is 2.20. The lowest BCUT2D eigenvalue weighted by Gasteiger charge is -2.26. The van der Waals surface area contributed by atoms with Gasteiger partial charge in [0.15, 0.2) is 0 Å². The normalized spacial score (nSPS) is 20.7. The second-order valence-corrected chi connectivity index (χ2v) is 5.94. The zero-order valence-corrected chi connectivity index (χ0v) is 11.7. The maximum absolute atomic E-state index is 12.0. The fraction of sp³-hybridized carbons (Fsp3) is 0.750.